The van der Waals surface area contributed by atoms with Crippen LogP contribution in [0.15, 0.2) is 53.3 Å². The maximum Gasteiger partial charge on any atom is 0.254 e. The first-order chi connectivity index (χ1) is 13.2. The normalized spacial score (nSPS) is 14.4. The number of hydrogen-bond donors (Lipinski definition) is 0. The summed E-state index contributed by atoms with van der Waals surface area (Å²) in [5.41, 5.74) is 2.47. The number of fused-ring (bicyclic) bond motifs is 1. The second-order valence-corrected chi connectivity index (χ2v) is 6.35. The number of oxazole rings is 1. The lowest BCUT2D eigenvalue weighted by molar-refractivity contribution is 0.0535. The van der Waals surface area contributed by atoms with Crippen molar-refractivity contribution in [3.05, 3.63) is 60.0 Å². The van der Waals surface area contributed by atoms with E-state index in [4.69, 9.17) is 9.15 Å². The first-order valence-corrected chi connectivity index (χ1v) is 8.71. The third kappa shape index (κ3) is 3.36. The van der Waals surface area contributed by atoms with Gasteiger partial charge in [0.1, 0.15) is 11.3 Å². The molecule has 3 aromatic rings. The number of aromatic nitrogens is 1. The molecular formula is C20H19N3O4. The summed E-state index contributed by atoms with van der Waals surface area (Å²) in [5.74, 6) is 0.538. The van der Waals surface area contributed by atoms with Crippen molar-refractivity contribution in [2.24, 2.45) is 0 Å². The Kier molecular flexibility index (Phi) is 4.50. The van der Waals surface area contributed by atoms with Crippen molar-refractivity contribution in [2.45, 2.75) is 0 Å². The van der Waals surface area contributed by atoms with Crippen LogP contribution in [0.2, 0.25) is 0 Å². The molecule has 0 radical (unpaired) electrons. The SMILES string of the molecule is COc1cccc(C(=O)N2CCN(C(=O)c3ccc4ocnc4c3)CC2)c1. The highest BCUT2D eigenvalue weighted by Crippen LogP contribution is 2.18. The Labute approximate surface area is 156 Å². The molecule has 0 saturated carbocycles. The molecule has 2 aromatic carbocycles. The molecule has 138 valence electrons. The van der Waals surface area contributed by atoms with Gasteiger partial charge in [0.2, 0.25) is 0 Å². The van der Waals surface area contributed by atoms with E-state index in [0.29, 0.717) is 54.2 Å². The van der Waals surface area contributed by atoms with Crippen molar-refractivity contribution in [1.82, 2.24) is 14.8 Å². The highest BCUT2D eigenvalue weighted by molar-refractivity contribution is 5.98. The van der Waals surface area contributed by atoms with Gasteiger partial charge in [-0.05, 0) is 36.4 Å². The Balaban J connectivity index is 1.42. The van der Waals surface area contributed by atoms with E-state index in [-0.39, 0.29) is 11.8 Å². The molecule has 1 aliphatic heterocycles. The quantitative estimate of drug-likeness (QED) is 0.713. The molecular weight excluding hydrogens is 346 g/mol. The van der Waals surface area contributed by atoms with Gasteiger partial charge >= 0.3 is 0 Å². The number of methoxy groups -OCH3 is 1. The van der Waals surface area contributed by atoms with E-state index >= 15 is 0 Å². The lowest BCUT2D eigenvalue weighted by Gasteiger charge is -2.35. The number of nitrogens with zero attached hydrogens (tertiary/aromatic N) is 3. The van der Waals surface area contributed by atoms with E-state index in [1.165, 1.54) is 6.39 Å². The second kappa shape index (κ2) is 7.11. The summed E-state index contributed by atoms with van der Waals surface area (Å²) < 4.78 is 10.4. The highest BCUT2D eigenvalue weighted by Gasteiger charge is 2.26. The first kappa shape index (κ1) is 17.1. The molecule has 7 nitrogen and oxygen atoms in total. The summed E-state index contributed by atoms with van der Waals surface area (Å²) in [4.78, 5) is 33.0. The molecule has 1 saturated heterocycles. The molecule has 0 atom stereocenters. The summed E-state index contributed by atoms with van der Waals surface area (Å²) in [5, 5.41) is 0. The second-order valence-electron chi connectivity index (χ2n) is 6.35. The molecule has 0 N–H and O–H groups in total. The van der Waals surface area contributed by atoms with Gasteiger partial charge in [0, 0.05) is 37.3 Å². The minimum atomic E-state index is -0.0617. The maximum atomic E-state index is 12.7. The monoisotopic (exact) mass is 365 g/mol. The number of piperazine rings is 1. The maximum absolute atomic E-state index is 12.7. The molecule has 4 rings (SSSR count). The van der Waals surface area contributed by atoms with Crippen LogP contribution in [0.1, 0.15) is 20.7 Å². The van der Waals surface area contributed by atoms with E-state index in [0.717, 1.165) is 0 Å². The average Bonchev–Trinajstić information content (AvgIpc) is 3.20. The largest absolute Gasteiger partial charge is 0.497 e. The van der Waals surface area contributed by atoms with E-state index < -0.39 is 0 Å². The van der Waals surface area contributed by atoms with Crippen LogP contribution in [0.3, 0.4) is 0 Å². The Bertz CT molecular complexity index is 990. The molecule has 0 unspecified atom stereocenters. The number of rotatable bonds is 3. The molecule has 2 heterocycles. The molecule has 2 amide bonds. The standard InChI is InChI=1S/C20H19N3O4/c1-26-16-4-2-3-14(11-16)19(24)22-7-9-23(10-8-22)20(25)15-5-6-18-17(12-15)21-13-27-18/h2-6,11-13H,7-10H2,1H3. The van der Waals surface area contributed by atoms with Crippen LogP contribution < -0.4 is 4.74 Å². The third-order valence-electron chi connectivity index (χ3n) is 4.75. The van der Waals surface area contributed by atoms with Gasteiger partial charge in [-0.2, -0.15) is 0 Å². The van der Waals surface area contributed by atoms with E-state index in [2.05, 4.69) is 4.98 Å². The smallest absolute Gasteiger partial charge is 0.254 e. The summed E-state index contributed by atoms with van der Waals surface area (Å²) in [6, 6.07) is 12.3. The fraction of sp³-hybridized carbons (Fsp3) is 0.250. The zero-order chi connectivity index (χ0) is 18.8. The Morgan fingerprint density at radius 1 is 0.963 bits per heavy atom. The molecule has 0 aliphatic carbocycles. The molecule has 1 aliphatic rings. The zero-order valence-corrected chi connectivity index (χ0v) is 14.9. The molecule has 27 heavy (non-hydrogen) atoms. The van der Waals surface area contributed by atoms with Gasteiger partial charge in [0.05, 0.1) is 7.11 Å². The van der Waals surface area contributed by atoms with Crippen molar-refractivity contribution in [3.63, 3.8) is 0 Å². The van der Waals surface area contributed by atoms with Gasteiger partial charge in [-0.15, -0.1) is 0 Å². The van der Waals surface area contributed by atoms with Crippen molar-refractivity contribution in [2.75, 3.05) is 33.3 Å². The highest BCUT2D eigenvalue weighted by atomic mass is 16.5. The van der Waals surface area contributed by atoms with Crippen LogP contribution in [0.25, 0.3) is 11.1 Å². The minimum absolute atomic E-state index is 0.0509. The van der Waals surface area contributed by atoms with E-state index in [9.17, 15) is 9.59 Å². The number of ether oxygens (including phenoxy) is 1. The fourth-order valence-corrected chi connectivity index (χ4v) is 3.22. The summed E-state index contributed by atoms with van der Waals surface area (Å²) in [7, 11) is 1.57. The van der Waals surface area contributed by atoms with Gasteiger partial charge in [-0.25, -0.2) is 4.98 Å². The van der Waals surface area contributed by atoms with Gasteiger partial charge in [0.15, 0.2) is 12.0 Å². The summed E-state index contributed by atoms with van der Waals surface area (Å²) in [6.07, 6.45) is 1.36. The molecule has 1 fully saturated rings. The van der Waals surface area contributed by atoms with Gasteiger partial charge in [-0.3, -0.25) is 9.59 Å². The van der Waals surface area contributed by atoms with Gasteiger partial charge in [0.25, 0.3) is 11.8 Å². The predicted molar refractivity (Wildman–Crippen MR) is 98.8 cm³/mol. The molecule has 0 spiro atoms. The molecule has 0 bridgehead atoms. The lowest BCUT2D eigenvalue weighted by atomic mass is 10.1. The lowest BCUT2D eigenvalue weighted by Crippen LogP contribution is -2.50. The first-order valence-electron chi connectivity index (χ1n) is 8.71. The number of benzene rings is 2. The number of hydrogen-bond acceptors (Lipinski definition) is 5. The predicted octanol–water partition coefficient (Wildman–Crippen LogP) is 2.43. The van der Waals surface area contributed by atoms with Crippen molar-refractivity contribution < 1.29 is 18.7 Å². The van der Waals surface area contributed by atoms with Crippen molar-refractivity contribution in [3.8, 4) is 5.75 Å². The Morgan fingerprint density at radius 3 is 2.30 bits per heavy atom. The third-order valence-corrected chi connectivity index (χ3v) is 4.75. The van der Waals surface area contributed by atoms with Gasteiger partial charge in [-0.1, -0.05) is 6.07 Å². The van der Waals surface area contributed by atoms with Crippen molar-refractivity contribution in [1.29, 1.82) is 0 Å². The minimum Gasteiger partial charge on any atom is -0.497 e. The van der Waals surface area contributed by atoms with Crippen LogP contribution >= 0.6 is 0 Å². The summed E-state index contributed by atoms with van der Waals surface area (Å²) in [6.45, 7) is 1.97. The topological polar surface area (TPSA) is 75.9 Å². The molecule has 7 heteroatoms. The summed E-state index contributed by atoms with van der Waals surface area (Å²) >= 11 is 0. The van der Waals surface area contributed by atoms with Crippen LogP contribution in [0.5, 0.6) is 5.75 Å². The van der Waals surface area contributed by atoms with E-state index in [1.54, 1.807) is 59.4 Å². The fourth-order valence-electron chi connectivity index (χ4n) is 3.22. The van der Waals surface area contributed by atoms with Crippen LogP contribution in [-0.4, -0.2) is 59.9 Å². The number of carbonyl (C=O) groups is 2. The van der Waals surface area contributed by atoms with Crippen LogP contribution in [0.4, 0.5) is 0 Å². The van der Waals surface area contributed by atoms with Gasteiger partial charge < -0.3 is 19.0 Å². The van der Waals surface area contributed by atoms with E-state index in [1.807, 2.05) is 0 Å². The number of carbonyl (C=O) groups excluding carboxylic acids is 2. The molecule has 1 aromatic heterocycles. The van der Waals surface area contributed by atoms with Crippen LogP contribution in [0, 0.1) is 0 Å². The average molecular weight is 365 g/mol. The number of amides is 2. The van der Waals surface area contributed by atoms with Crippen molar-refractivity contribution >= 4 is 22.9 Å². The Morgan fingerprint density at radius 2 is 1.63 bits per heavy atom. The zero-order valence-electron chi connectivity index (χ0n) is 14.9. The Hall–Kier alpha value is -3.35. The van der Waals surface area contributed by atoms with Crippen LogP contribution in [-0.2, 0) is 0 Å².